The molecule has 5 rings (SSSR count). The Morgan fingerprint density at radius 2 is 1.90 bits per heavy atom. The van der Waals surface area contributed by atoms with Crippen molar-refractivity contribution in [2.45, 2.75) is 44.7 Å². The van der Waals surface area contributed by atoms with Gasteiger partial charge < -0.3 is 18.9 Å². The number of ketones is 1. The van der Waals surface area contributed by atoms with Gasteiger partial charge >= 0.3 is 0 Å². The molecule has 31 heavy (non-hydrogen) atoms. The average molecular weight is 421 g/mol. The number of benzene rings is 2. The van der Waals surface area contributed by atoms with Gasteiger partial charge in [0, 0.05) is 18.2 Å². The fourth-order valence-electron chi connectivity index (χ4n) is 4.75. The Labute approximate surface area is 182 Å². The van der Waals surface area contributed by atoms with E-state index in [1.807, 2.05) is 24.3 Å². The van der Waals surface area contributed by atoms with Gasteiger partial charge in [0.1, 0.15) is 29.7 Å². The van der Waals surface area contributed by atoms with Crippen LogP contribution >= 0.6 is 0 Å². The standard InChI is InChI=1S/C25H27NO5/c1-28-18-8-10-21(29-2)16(12-18)13-23-24(27)19-9-11-22-20(25(19)31-23)14-26(15-30-22)17-6-4-3-5-7-17/h8-13,17H,3-7,14-15H2,1-2H3/b23-13-. The maximum absolute atomic E-state index is 13.1. The van der Waals surface area contributed by atoms with E-state index in [4.69, 9.17) is 18.9 Å². The molecule has 1 fully saturated rings. The Morgan fingerprint density at radius 1 is 1.06 bits per heavy atom. The second kappa shape index (κ2) is 8.27. The lowest BCUT2D eigenvalue weighted by Crippen LogP contribution is -2.41. The first kappa shape index (κ1) is 19.9. The first-order valence-corrected chi connectivity index (χ1v) is 10.9. The zero-order valence-electron chi connectivity index (χ0n) is 18.0. The molecule has 2 aromatic carbocycles. The van der Waals surface area contributed by atoms with Crippen LogP contribution in [-0.4, -0.2) is 37.7 Å². The Balaban J connectivity index is 1.46. The fourth-order valence-corrected chi connectivity index (χ4v) is 4.75. The van der Waals surface area contributed by atoms with Crippen LogP contribution in [-0.2, 0) is 6.54 Å². The van der Waals surface area contributed by atoms with E-state index in [9.17, 15) is 4.79 Å². The van der Waals surface area contributed by atoms with Gasteiger partial charge in [0.15, 0.2) is 5.76 Å². The number of hydrogen-bond acceptors (Lipinski definition) is 6. The number of ether oxygens (including phenoxy) is 4. The second-order valence-electron chi connectivity index (χ2n) is 8.28. The van der Waals surface area contributed by atoms with Crippen LogP contribution in [0, 0.1) is 0 Å². The molecular weight excluding hydrogens is 394 g/mol. The minimum absolute atomic E-state index is 0.127. The first-order chi connectivity index (χ1) is 15.2. The summed E-state index contributed by atoms with van der Waals surface area (Å²) in [6.45, 7) is 1.33. The Bertz CT molecular complexity index is 1040. The average Bonchev–Trinajstić information content (AvgIpc) is 3.14. The number of methoxy groups -OCH3 is 2. The van der Waals surface area contributed by atoms with Crippen LogP contribution in [0.15, 0.2) is 36.1 Å². The van der Waals surface area contributed by atoms with Crippen molar-refractivity contribution >= 4 is 11.9 Å². The van der Waals surface area contributed by atoms with Crippen molar-refractivity contribution in [2.24, 2.45) is 0 Å². The maximum atomic E-state index is 13.1. The van der Waals surface area contributed by atoms with Crippen LogP contribution in [0.25, 0.3) is 6.08 Å². The summed E-state index contributed by atoms with van der Waals surface area (Å²) in [6.07, 6.45) is 7.98. The Kier molecular flexibility index (Phi) is 5.32. The molecule has 2 aliphatic heterocycles. The number of fused-ring (bicyclic) bond motifs is 3. The highest BCUT2D eigenvalue weighted by atomic mass is 16.5. The van der Waals surface area contributed by atoms with Gasteiger partial charge in [-0.3, -0.25) is 9.69 Å². The van der Waals surface area contributed by atoms with Crippen molar-refractivity contribution < 1.29 is 23.7 Å². The lowest BCUT2D eigenvalue weighted by Gasteiger charge is -2.37. The van der Waals surface area contributed by atoms with Crippen LogP contribution in [0.4, 0.5) is 0 Å². The molecule has 0 saturated heterocycles. The van der Waals surface area contributed by atoms with Crippen molar-refractivity contribution in [2.75, 3.05) is 21.0 Å². The Hall–Kier alpha value is -2.99. The smallest absolute Gasteiger partial charge is 0.231 e. The molecule has 6 nitrogen and oxygen atoms in total. The molecule has 0 amide bonds. The van der Waals surface area contributed by atoms with Gasteiger partial charge in [-0.1, -0.05) is 19.3 Å². The van der Waals surface area contributed by atoms with Crippen LogP contribution in [0.2, 0.25) is 0 Å². The van der Waals surface area contributed by atoms with Crippen molar-refractivity contribution in [3.8, 4) is 23.0 Å². The normalized spacial score (nSPS) is 20.1. The predicted molar refractivity (Wildman–Crippen MR) is 117 cm³/mol. The minimum Gasteiger partial charge on any atom is -0.497 e. The van der Waals surface area contributed by atoms with Gasteiger partial charge in [-0.15, -0.1) is 0 Å². The fraction of sp³-hybridized carbons (Fsp3) is 0.400. The van der Waals surface area contributed by atoms with Gasteiger partial charge in [-0.2, -0.15) is 0 Å². The molecule has 3 aliphatic rings. The predicted octanol–water partition coefficient (Wildman–Crippen LogP) is 4.80. The summed E-state index contributed by atoms with van der Waals surface area (Å²) >= 11 is 0. The van der Waals surface area contributed by atoms with Crippen LogP contribution in [0.5, 0.6) is 23.0 Å². The third-order valence-electron chi connectivity index (χ3n) is 6.46. The zero-order chi connectivity index (χ0) is 21.4. The molecular formula is C25H27NO5. The molecule has 0 radical (unpaired) electrons. The number of allylic oxidation sites excluding steroid dienone is 1. The maximum Gasteiger partial charge on any atom is 0.231 e. The summed E-state index contributed by atoms with van der Waals surface area (Å²) in [5.74, 6) is 2.91. The van der Waals surface area contributed by atoms with Gasteiger partial charge in [-0.25, -0.2) is 0 Å². The third-order valence-corrected chi connectivity index (χ3v) is 6.46. The number of rotatable bonds is 4. The van der Waals surface area contributed by atoms with Gasteiger partial charge in [0.25, 0.3) is 0 Å². The highest BCUT2D eigenvalue weighted by Crippen LogP contribution is 2.43. The van der Waals surface area contributed by atoms with E-state index in [1.165, 1.54) is 32.1 Å². The second-order valence-corrected chi connectivity index (χ2v) is 8.28. The SMILES string of the molecule is COc1ccc(OC)c(/C=C2\Oc3c(ccc4c3CN(C3CCCCC3)CO4)C2=O)c1. The molecule has 0 unspecified atom stereocenters. The lowest BCUT2D eigenvalue weighted by atomic mass is 9.93. The van der Waals surface area contributed by atoms with Crippen molar-refractivity contribution in [1.82, 2.24) is 4.90 Å². The molecule has 1 saturated carbocycles. The first-order valence-electron chi connectivity index (χ1n) is 10.9. The van der Waals surface area contributed by atoms with E-state index in [1.54, 1.807) is 26.4 Å². The van der Waals surface area contributed by atoms with E-state index in [0.717, 1.165) is 23.4 Å². The highest BCUT2D eigenvalue weighted by molar-refractivity contribution is 6.15. The largest absolute Gasteiger partial charge is 0.497 e. The zero-order valence-corrected chi connectivity index (χ0v) is 18.0. The molecule has 1 aliphatic carbocycles. The van der Waals surface area contributed by atoms with E-state index in [0.29, 0.717) is 35.6 Å². The summed E-state index contributed by atoms with van der Waals surface area (Å²) in [6, 6.07) is 9.69. The van der Waals surface area contributed by atoms with Gasteiger partial charge in [0.2, 0.25) is 5.78 Å². The lowest BCUT2D eigenvalue weighted by molar-refractivity contribution is 0.0394. The summed E-state index contributed by atoms with van der Waals surface area (Å²) < 4.78 is 23.0. The van der Waals surface area contributed by atoms with Crippen LogP contribution < -0.4 is 18.9 Å². The molecule has 2 heterocycles. The number of carbonyl (C=O) groups excluding carboxylic acids is 1. The van der Waals surface area contributed by atoms with E-state index in [2.05, 4.69) is 4.90 Å². The molecule has 0 spiro atoms. The molecule has 0 atom stereocenters. The number of Topliss-reactive ketones (excluding diaryl/α,β-unsaturated/α-hetero) is 1. The van der Waals surface area contributed by atoms with Crippen molar-refractivity contribution in [3.63, 3.8) is 0 Å². The van der Waals surface area contributed by atoms with E-state index >= 15 is 0 Å². The Morgan fingerprint density at radius 3 is 2.68 bits per heavy atom. The van der Waals surface area contributed by atoms with E-state index in [-0.39, 0.29) is 11.5 Å². The van der Waals surface area contributed by atoms with Gasteiger partial charge in [0.05, 0.1) is 25.3 Å². The molecule has 6 heteroatoms. The minimum atomic E-state index is -0.127. The molecule has 0 aromatic heterocycles. The molecule has 0 bridgehead atoms. The summed E-state index contributed by atoms with van der Waals surface area (Å²) in [7, 11) is 3.21. The summed E-state index contributed by atoms with van der Waals surface area (Å²) in [5, 5.41) is 0. The topological polar surface area (TPSA) is 57.2 Å². The van der Waals surface area contributed by atoms with Crippen molar-refractivity contribution in [1.29, 1.82) is 0 Å². The quantitative estimate of drug-likeness (QED) is 0.661. The van der Waals surface area contributed by atoms with Crippen LogP contribution in [0.1, 0.15) is 53.6 Å². The molecule has 162 valence electrons. The molecule has 0 N–H and O–H groups in total. The third kappa shape index (κ3) is 3.65. The van der Waals surface area contributed by atoms with Crippen molar-refractivity contribution in [3.05, 3.63) is 52.8 Å². The number of carbonyl (C=O) groups is 1. The highest BCUT2D eigenvalue weighted by Gasteiger charge is 2.35. The summed E-state index contributed by atoms with van der Waals surface area (Å²) in [5.41, 5.74) is 2.27. The molecule has 2 aromatic rings. The van der Waals surface area contributed by atoms with Crippen LogP contribution in [0.3, 0.4) is 0 Å². The monoisotopic (exact) mass is 421 g/mol. The van der Waals surface area contributed by atoms with E-state index < -0.39 is 0 Å². The number of nitrogens with zero attached hydrogens (tertiary/aromatic N) is 1. The van der Waals surface area contributed by atoms with Gasteiger partial charge in [-0.05, 0) is 49.2 Å². The summed E-state index contributed by atoms with van der Waals surface area (Å²) in [4.78, 5) is 15.5. The number of hydrogen-bond donors (Lipinski definition) is 0.